The van der Waals surface area contributed by atoms with E-state index in [0.29, 0.717) is 36.3 Å². The molecule has 1 aromatic heterocycles. The summed E-state index contributed by atoms with van der Waals surface area (Å²) in [5.74, 6) is 0.413. The van der Waals surface area contributed by atoms with Crippen LogP contribution in [0.2, 0.25) is 0 Å². The summed E-state index contributed by atoms with van der Waals surface area (Å²) in [6, 6.07) is 0. The van der Waals surface area contributed by atoms with Gasteiger partial charge in [-0.1, -0.05) is 12.8 Å². The van der Waals surface area contributed by atoms with Crippen LogP contribution in [0, 0.1) is 13.8 Å². The van der Waals surface area contributed by atoms with Crippen molar-refractivity contribution < 1.29 is 9.53 Å². The molecule has 2 N–H and O–H groups in total. The fraction of sp³-hybridized carbons (Fsp3) is 0.688. The molecule has 1 fully saturated rings. The van der Waals surface area contributed by atoms with Crippen LogP contribution in [0.5, 0.6) is 0 Å². The average Bonchev–Trinajstić information content (AvgIpc) is 2.95. The molecular weight excluding hydrogens is 282 g/mol. The average molecular weight is 307 g/mol. The summed E-state index contributed by atoms with van der Waals surface area (Å²) in [6.07, 6.45) is 6.13. The number of hydrogen-bond donors (Lipinski definition) is 2. The molecule has 1 saturated carbocycles. The zero-order valence-electron chi connectivity index (χ0n) is 13.4. The molecule has 0 saturated heterocycles. The van der Waals surface area contributed by atoms with Crippen molar-refractivity contribution in [3.05, 3.63) is 27.4 Å². The van der Waals surface area contributed by atoms with Crippen LogP contribution in [0.15, 0.2) is 4.79 Å². The van der Waals surface area contributed by atoms with Gasteiger partial charge in [0.25, 0.3) is 5.56 Å². The maximum absolute atomic E-state index is 11.9. The summed E-state index contributed by atoms with van der Waals surface area (Å²) < 4.78 is 5.74. The van der Waals surface area contributed by atoms with E-state index in [1.165, 1.54) is 12.8 Å². The number of ether oxygens (including phenoxy) is 1. The highest BCUT2D eigenvalue weighted by Crippen LogP contribution is 2.20. The minimum atomic E-state index is -0.232. The number of aryl methyl sites for hydroxylation is 2. The molecule has 1 amide bonds. The van der Waals surface area contributed by atoms with Crippen molar-refractivity contribution in [1.82, 2.24) is 15.3 Å². The second-order valence-electron chi connectivity index (χ2n) is 5.87. The molecule has 122 valence electrons. The highest BCUT2D eigenvalue weighted by molar-refractivity contribution is 5.78. The van der Waals surface area contributed by atoms with Crippen LogP contribution in [0.25, 0.3) is 0 Å². The Labute approximate surface area is 130 Å². The topological polar surface area (TPSA) is 84.1 Å². The predicted molar refractivity (Wildman–Crippen MR) is 83.9 cm³/mol. The van der Waals surface area contributed by atoms with E-state index in [1.54, 1.807) is 13.8 Å². The van der Waals surface area contributed by atoms with Gasteiger partial charge in [0.1, 0.15) is 5.82 Å². The van der Waals surface area contributed by atoms with Crippen LogP contribution in [0.4, 0.5) is 0 Å². The smallest absolute Gasteiger partial charge is 0.254 e. The molecule has 0 radical (unpaired) electrons. The first-order valence-corrected chi connectivity index (χ1v) is 8.01. The summed E-state index contributed by atoms with van der Waals surface area (Å²) >= 11 is 0. The molecule has 22 heavy (non-hydrogen) atoms. The number of carbonyl (C=O) groups excluding carboxylic acids is 1. The van der Waals surface area contributed by atoms with E-state index in [2.05, 4.69) is 15.3 Å². The van der Waals surface area contributed by atoms with Gasteiger partial charge in [-0.3, -0.25) is 9.59 Å². The van der Waals surface area contributed by atoms with Gasteiger partial charge in [-0.05, 0) is 33.1 Å². The van der Waals surface area contributed by atoms with Crippen molar-refractivity contribution in [3.63, 3.8) is 0 Å². The van der Waals surface area contributed by atoms with Gasteiger partial charge in [0.2, 0.25) is 5.91 Å². The minimum absolute atomic E-state index is 0.0674. The summed E-state index contributed by atoms with van der Waals surface area (Å²) in [5.41, 5.74) is 0.816. The molecule has 6 nitrogen and oxygen atoms in total. The number of nitrogens with one attached hydrogen (secondary N) is 2. The summed E-state index contributed by atoms with van der Waals surface area (Å²) in [7, 11) is 0. The van der Waals surface area contributed by atoms with E-state index in [0.717, 1.165) is 19.3 Å². The second kappa shape index (κ2) is 8.08. The van der Waals surface area contributed by atoms with E-state index in [4.69, 9.17) is 4.74 Å². The third-order valence-electron chi connectivity index (χ3n) is 3.98. The summed E-state index contributed by atoms with van der Waals surface area (Å²) in [5, 5.41) is 2.83. The first-order valence-electron chi connectivity index (χ1n) is 8.01. The Bertz CT molecular complexity index is 562. The highest BCUT2D eigenvalue weighted by Gasteiger charge is 2.15. The van der Waals surface area contributed by atoms with Crippen LogP contribution in [0.3, 0.4) is 0 Å². The van der Waals surface area contributed by atoms with Gasteiger partial charge in [-0.2, -0.15) is 0 Å². The molecule has 1 aliphatic carbocycles. The van der Waals surface area contributed by atoms with Crippen molar-refractivity contribution in [2.75, 3.05) is 13.2 Å². The van der Waals surface area contributed by atoms with Gasteiger partial charge in [0.05, 0.1) is 12.5 Å². The fourth-order valence-electron chi connectivity index (χ4n) is 2.79. The van der Waals surface area contributed by atoms with Crippen molar-refractivity contribution >= 4 is 5.91 Å². The summed E-state index contributed by atoms with van der Waals surface area (Å²) in [4.78, 5) is 30.5. The standard InChI is InChI=1S/C16H25N3O3/c1-11-14(16(21)19-12(2)18-11)10-15(20)17-8-5-9-22-13-6-3-4-7-13/h13H,3-10H2,1-2H3,(H,17,20)(H,18,19,21). The zero-order valence-corrected chi connectivity index (χ0v) is 13.4. The number of aromatic amines is 1. The molecule has 0 aromatic carbocycles. The van der Waals surface area contributed by atoms with Gasteiger partial charge in [0.15, 0.2) is 0 Å². The van der Waals surface area contributed by atoms with E-state index in [-0.39, 0.29) is 17.9 Å². The Morgan fingerprint density at radius 1 is 1.36 bits per heavy atom. The number of aromatic nitrogens is 2. The lowest BCUT2D eigenvalue weighted by Crippen LogP contribution is -2.30. The van der Waals surface area contributed by atoms with Gasteiger partial charge in [-0.15, -0.1) is 0 Å². The van der Waals surface area contributed by atoms with Crippen LogP contribution < -0.4 is 10.9 Å². The van der Waals surface area contributed by atoms with Crippen LogP contribution in [-0.2, 0) is 16.0 Å². The molecule has 6 heteroatoms. The molecule has 0 atom stereocenters. The highest BCUT2D eigenvalue weighted by atomic mass is 16.5. The minimum Gasteiger partial charge on any atom is -0.378 e. The molecule has 2 rings (SSSR count). The van der Waals surface area contributed by atoms with Crippen molar-refractivity contribution in [3.8, 4) is 0 Å². The van der Waals surface area contributed by atoms with E-state index >= 15 is 0 Å². The third kappa shape index (κ3) is 4.94. The number of amides is 1. The lowest BCUT2D eigenvalue weighted by molar-refractivity contribution is -0.120. The van der Waals surface area contributed by atoms with Crippen molar-refractivity contribution in [1.29, 1.82) is 0 Å². The first-order chi connectivity index (χ1) is 10.6. The molecule has 0 unspecified atom stereocenters. The Morgan fingerprint density at radius 2 is 2.09 bits per heavy atom. The zero-order chi connectivity index (χ0) is 15.9. The number of hydrogen-bond acceptors (Lipinski definition) is 4. The van der Waals surface area contributed by atoms with E-state index < -0.39 is 0 Å². The van der Waals surface area contributed by atoms with Gasteiger partial charge in [-0.25, -0.2) is 4.98 Å². The first kappa shape index (κ1) is 16.7. The SMILES string of the molecule is Cc1nc(C)c(CC(=O)NCCCOC2CCCC2)c(=O)[nH]1. The Balaban J connectivity index is 1.68. The van der Waals surface area contributed by atoms with Crippen LogP contribution in [-0.4, -0.2) is 35.1 Å². The molecular formula is C16H25N3O3. The van der Waals surface area contributed by atoms with Crippen molar-refractivity contribution in [2.45, 2.75) is 58.5 Å². The van der Waals surface area contributed by atoms with E-state index in [9.17, 15) is 9.59 Å². The van der Waals surface area contributed by atoms with Crippen LogP contribution in [0.1, 0.15) is 49.2 Å². The maximum Gasteiger partial charge on any atom is 0.254 e. The Morgan fingerprint density at radius 3 is 2.77 bits per heavy atom. The van der Waals surface area contributed by atoms with Gasteiger partial charge >= 0.3 is 0 Å². The van der Waals surface area contributed by atoms with Gasteiger partial charge in [0, 0.05) is 24.4 Å². The number of H-pyrrole nitrogens is 1. The fourth-order valence-corrected chi connectivity index (χ4v) is 2.79. The van der Waals surface area contributed by atoms with Crippen LogP contribution >= 0.6 is 0 Å². The molecule has 0 bridgehead atoms. The maximum atomic E-state index is 11.9. The van der Waals surface area contributed by atoms with Gasteiger partial charge < -0.3 is 15.0 Å². The van der Waals surface area contributed by atoms with Crippen molar-refractivity contribution in [2.24, 2.45) is 0 Å². The normalized spacial score (nSPS) is 15.2. The molecule has 0 spiro atoms. The molecule has 1 aromatic rings. The summed E-state index contributed by atoms with van der Waals surface area (Å²) in [6.45, 7) is 4.72. The lowest BCUT2D eigenvalue weighted by atomic mass is 10.1. The molecule has 1 heterocycles. The monoisotopic (exact) mass is 307 g/mol. The number of carbonyl (C=O) groups is 1. The number of nitrogens with zero attached hydrogens (tertiary/aromatic N) is 1. The second-order valence-corrected chi connectivity index (χ2v) is 5.87. The predicted octanol–water partition coefficient (Wildman–Crippen LogP) is 1.39. The molecule has 1 aliphatic rings. The third-order valence-corrected chi connectivity index (χ3v) is 3.98. The lowest BCUT2D eigenvalue weighted by Gasteiger charge is -2.11. The Kier molecular flexibility index (Phi) is 6.12. The largest absolute Gasteiger partial charge is 0.378 e. The van der Waals surface area contributed by atoms with E-state index in [1.807, 2.05) is 0 Å². The Hall–Kier alpha value is -1.69. The number of rotatable bonds is 7. The quantitative estimate of drug-likeness (QED) is 0.746. The molecule has 0 aliphatic heterocycles.